The maximum atomic E-state index is 5.77. The lowest BCUT2D eigenvalue weighted by molar-refractivity contribution is 0.414. The predicted molar refractivity (Wildman–Crippen MR) is 179 cm³/mol. The molecular formula is C34H28Br2N4O2. The second-order valence-corrected chi connectivity index (χ2v) is 11.0. The number of nitrogens with one attached hydrogen (secondary N) is 2. The highest BCUT2D eigenvalue weighted by Crippen LogP contribution is 2.27. The van der Waals surface area contributed by atoms with Crippen molar-refractivity contribution >= 4 is 54.7 Å². The number of hydrogen-bond donors (Lipinski definition) is 2. The van der Waals surface area contributed by atoms with Gasteiger partial charge >= 0.3 is 0 Å². The van der Waals surface area contributed by atoms with Crippen LogP contribution >= 0.6 is 31.9 Å². The van der Waals surface area contributed by atoms with E-state index in [9.17, 15) is 0 Å². The fourth-order valence-corrected chi connectivity index (χ4v) is 4.85. The third-order valence-electron chi connectivity index (χ3n) is 6.44. The molecule has 5 aromatic rings. The van der Waals surface area contributed by atoms with E-state index in [0.29, 0.717) is 11.5 Å². The molecule has 0 spiro atoms. The minimum Gasteiger partial charge on any atom is -0.497 e. The van der Waals surface area contributed by atoms with Gasteiger partial charge in [0.15, 0.2) is 0 Å². The lowest BCUT2D eigenvalue weighted by Crippen LogP contribution is -2.16. The van der Waals surface area contributed by atoms with Crippen molar-refractivity contribution in [2.24, 2.45) is 10.2 Å². The summed E-state index contributed by atoms with van der Waals surface area (Å²) in [7, 11) is 3.32. The Hall–Kier alpha value is -4.40. The quantitative estimate of drug-likeness (QED) is 0.114. The first-order valence-electron chi connectivity index (χ1n) is 13.1. The van der Waals surface area contributed by atoms with Gasteiger partial charge in [-0.2, -0.15) is 10.2 Å². The highest BCUT2D eigenvalue weighted by molar-refractivity contribution is 9.10. The molecule has 210 valence electrons. The summed E-state index contributed by atoms with van der Waals surface area (Å²) in [5, 5.41) is 9.86. The van der Waals surface area contributed by atoms with E-state index < -0.39 is 0 Å². The highest BCUT2D eigenvalue weighted by atomic mass is 79.9. The minimum atomic E-state index is 0.704. The van der Waals surface area contributed by atoms with Gasteiger partial charge < -0.3 is 9.47 Å². The monoisotopic (exact) mass is 682 g/mol. The molecule has 0 fully saturated rings. The first-order chi connectivity index (χ1) is 20.6. The van der Waals surface area contributed by atoms with E-state index in [2.05, 4.69) is 42.7 Å². The van der Waals surface area contributed by atoms with Gasteiger partial charge in [0.2, 0.25) is 0 Å². The summed E-state index contributed by atoms with van der Waals surface area (Å²) < 4.78 is 13.2. The van der Waals surface area contributed by atoms with Crippen LogP contribution in [0, 0.1) is 0 Å². The van der Waals surface area contributed by atoms with Crippen LogP contribution in [0.3, 0.4) is 0 Å². The third-order valence-corrected chi connectivity index (χ3v) is 7.50. The molecule has 0 amide bonds. The van der Waals surface area contributed by atoms with Gasteiger partial charge in [-0.25, -0.2) is 0 Å². The van der Waals surface area contributed by atoms with E-state index >= 15 is 0 Å². The topological polar surface area (TPSA) is 67.2 Å². The maximum Gasteiger partial charge on any atom is 0.128 e. The van der Waals surface area contributed by atoms with Crippen LogP contribution in [-0.2, 0) is 0 Å². The smallest absolute Gasteiger partial charge is 0.128 e. The zero-order valence-corrected chi connectivity index (χ0v) is 26.2. The van der Waals surface area contributed by atoms with Crippen molar-refractivity contribution < 1.29 is 9.47 Å². The molecule has 0 atom stereocenters. The fourth-order valence-electron chi connectivity index (χ4n) is 4.32. The van der Waals surface area contributed by atoms with Gasteiger partial charge in [-0.3, -0.25) is 10.9 Å². The molecule has 42 heavy (non-hydrogen) atoms. The number of ether oxygens (including phenoxy) is 2. The van der Waals surface area contributed by atoms with E-state index in [1.165, 1.54) is 0 Å². The molecule has 0 bridgehead atoms. The molecule has 0 aliphatic rings. The number of rotatable bonds is 10. The van der Waals surface area contributed by atoms with Crippen LogP contribution in [0.5, 0.6) is 11.5 Å². The van der Waals surface area contributed by atoms with Crippen LogP contribution in [0.25, 0.3) is 0 Å². The summed E-state index contributed by atoms with van der Waals surface area (Å²) in [5.74, 6) is 1.47. The van der Waals surface area contributed by atoms with Crippen LogP contribution < -0.4 is 20.3 Å². The molecule has 0 unspecified atom stereocenters. The summed E-state index contributed by atoms with van der Waals surface area (Å²) in [5.41, 5.74) is 13.1. The van der Waals surface area contributed by atoms with Gasteiger partial charge in [0, 0.05) is 31.2 Å². The van der Waals surface area contributed by atoms with E-state index in [-0.39, 0.29) is 0 Å². The number of hydrazone groups is 2. The summed E-state index contributed by atoms with van der Waals surface area (Å²) in [6.07, 6.45) is 0. The van der Waals surface area contributed by atoms with Crippen LogP contribution in [0.15, 0.2) is 140 Å². The first-order valence-corrected chi connectivity index (χ1v) is 14.7. The lowest BCUT2D eigenvalue weighted by atomic mass is 9.92. The molecule has 0 radical (unpaired) electrons. The van der Waals surface area contributed by atoms with Crippen molar-refractivity contribution in [2.75, 3.05) is 25.1 Å². The summed E-state index contributed by atoms with van der Waals surface area (Å²) in [6, 6.07) is 39.5. The van der Waals surface area contributed by atoms with Crippen molar-refractivity contribution in [2.45, 2.75) is 0 Å². The number of benzene rings is 5. The van der Waals surface area contributed by atoms with E-state index in [1.54, 1.807) is 14.2 Å². The van der Waals surface area contributed by atoms with Crippen molar-refractivity contribution in [1.29, 1.82) is 0 Å². The Morgan fingerprint density at radius 3 is 1.52 bits per heavy atom. The molecule has 6 nitrogen and oxygen atoms in total. The first kappa shape index (κ1) is 29.1. The third kappa shape index (κ3) is 7.08. The molecule has 0 aliphatic heterocycles. The Morgan fingerprint density at radius 1 is 0.524 bits per heavy atom. The number of halogens is 2. The Bertz CT molecular complexity index is 1700. The average molecular weight is 684 g/mol. The van der Waals surface area contributed by atoms with E-state index in [1.807, 2.05) is 121 Å². The average Bonchev–Trinajstić information content (AvgIpc) is 3.04. The number of methoxy groups -OCH3 is 2. The largest absolute Gasteiger partial charge is 0.497 e. The van der Waals surface area contributed by atoms with Crippen LogP contribution in [0.1, 0.15) is 22.3 Å². The van der Waals surface area contributed by atoms with Gasteiger partial charge in [0.05, 0.1) is 31.3 Å². The van der Waals surface area contributed by atoms with Gasteiger partial charge in [0.25, 0.3) is 0 Å². The fraction of sp³-hybridized carbons (Fsp3) is 0.0588. The van der Waals surface area contributed by atoms with Crippen molar-refractivity contribution in [3.8, 4) is 11.5 Å². The number of anilines is 2. The van der Waals surface area contributed by atoms with Crippen LogP contribution in [-0.4, -0.2) is 25.6 Å². The molecule has 5 aromatic carbocycles. The highest BCUT2D eigenvalue weighted by Gasteiger charge is 2.20. The van der Waals surface area contributed by atoms with Crippen molar-refractivity contribution in [1.82, 2.24) is 0 Å². The SMILES string of the molecule is COc1ccc(/C(=N/Nc2ccc(Br)cc2)c2ccccc2/C(=N\Nc2ccc(Br)cc2)c2ccccc2OC)cc1. The molecule has 5 rings (SSSR count). The zero-order valence-electron chi connectivity index (χ0n) is 23.0. The van der Waals surface area contributed by atoms with Crippen LogP contribution in [0.4, 0.5) is 11.4 Å². The van der Waals surface area contributed by atoms with Crippen molar-refractivity contribution in [3.63, 3.8) is 0 Å². The Labute approximate surface area is 262 Å². The lowest BCUT2D eigenvalue weighted by Gasteiger charge is -2.17. The summed E-state index contributed by atoms with van der Waals surface area (Å²) in [4.78, 5) is 0. The molecule has 8 heteroatoms. The van der Waals surface area contributed by atoms with Gasteiger partial charge in [0.1, 0.15) is 17.2 Å². The Balaban J connectivity index is 1.67. The minimum absolute atomic E-state index is 0.704. The summed E-state index contributed by atoms with van der Waals surface area (Å²) >= 11 is 7.00. The molecular weight excluding hydrogens is 656 g/mol. The van der Waals surface area contributed by atoms with Crippen molar-refractivity contribution in [3.05, 3.63) is 153 Å². The van der Waals surface area contributed by atoms with Gasteiger partial charge in [-0.15, -0.1) is 0 Å². The molecule has 0 saturated heterocycles. The molecule has 0 saturated carbocycles. The molecule has 0 heterocycles. The molecule has 0 aromatic heterocycles. The standard InChI is InChI=1S/C34H28Br2N4O2/c1-41-28-21-11-23(12-22-28)33(39-37-26-17-13-24(35)14-18-26)29-7-3-4-8-30(29)34(31-9-5-6-10-32(31)42-2)40-38-27-19-15-25(36)16-20-27/h3-22,37-38H,1-2H3/b39-33-,40-34+. The second-order valence-electron chi connectivity index (χ2n) is 9.13. The number of hydrogen-bond acceptors (Lipinski definition) is 6. The number of nitrogens with zero attached hydrogens (tertiary/aromatic N) is 2. The predicted octanol–water partition coefficient (Wildman–Crippen LogP) is 8.96. The van der Waals surface area contributed by atoms with E-state index in [4.69, 9.17) is 19.7 Å². The number of para-hydroxylation sites is 1. The van der Waals surface area contributed by atoms with Gasteiger partial charge in [-0.1, -0.05) is 68.3 Å². The normalized spacial score (nSPS) is 11.6. The zero-order chi connectivity index (χ0) is 29.3. The van der Waals surface area contributed by atoms with E-state index in [0.717, 1.165) is 54.0 Å². The van der Waals surface area contributed by atoms with Gasteiger partial charge in [-0.05, 0) is 84.9 Å². The second kappa shape index (κ2) is 14.0. The summed E-state index contributed by atoms with van der Waals surface area (Å²) in [6.45, 7) is 0. The maximum absolute atomic E-state index is 5.77. The molecule has 0 aliphatic carbocycles. The Kier molecular flexibility index (Phi) is 9.69. The Morgan fingerprint density at radius 2 is 1.00 bits per heavy atom. The van der Waals surface area contributed by atoms with Crippen LogP contribution in [0.2, 0.25) is 0 Å². The molecule has 2 N–H and O–H groups in total.